The molecular formula is C24H22N4O. The molecule has 0 saturated carbocycles. The first-order chi connectivity index (χ1) is 14.1. The van der Waals surface area contributed by atoms with Gasteiger partial charge in [-0.3, -0.25) is 0 Å². The molecule has 5 nitrogen and oxygen atoms in total. The van der Waals surface area contributed by atoms with Gasteiger partial charge in [0.1, 0.15) is 0 Å². The maximum Gasteiger partial charge on any atom is 0.319 e. The molecule has 1 unspecified atom stereocenters. The van der Waals surface area contributed by atoms with Gasteiger partial charge in [0.15, 0.2) is 0 Å². The highest BCUT2D eigenvalue weighted by atomic mass is 16.2. The summed E-state index contributed by atoms with van der Waals surface area (Å²) in [5, 5.41) is 13.5. The van der Waals surface area contributed by atoms with Crippen molar-refractivity contribution >= 4 is 23.5 Å². The monoisotopic (exact) mass is 382 g/mol. The van der Waals surface area contributed by atoms with E-state index in [1.54, 1.807) is 6.07 Å². The number of nitrogens with two attached hydrogens (primary N) is 1. The molecule has 29 heavy (non-hydrogen) atoms. The van der Waals surface area contributed by atoms with E-state index in [2.05, 4.69) is 34.9 Å². The van der Waals surface area contributed by atoms with Crippen molar-refractivity contribution in [2.45, 2.75) is 13.0 Å². The van der Waals surface area contributed by atoms with Crippen molar-refractivity contribution in [3.63, 3.8) is 0 Å². The van der Waals surface area contributed by atoms with Crippen LogP contribution in [0.15, 0.2) is 78.5 Å². The lowest BCUT2D eigenvalue weighted by molar-refractivity contribution is 0.240. The molecule has 1 atom stereocenters. The van der Waals surface area contributed by atoms with Gasteiger partial charge in [0.25, 0.3) is 0 Å². The number of carbonyl (C=O) groups excluding carboxylic acids is 1. The van der Waals surface area contributed by atoms with Crippen LogP contribution in [-0.2, 0) is 0 Å². The molecule has 1 heterocycles. The molecule has 0 aromatic heterocycles. The summed E-state index contributed by atoms with van der Waals surface area (Å²) in [6, 6.07) is 23.4. The first-order valence-corrected chi connectivity index (χ1v) is 9.41. The van der Waals surface area contributed by atoms with E-state index in [4.69, 9.17) is 11.1 Å². The SMILES string of the molecule is CC1=C(c2ccc(N)c(C=N)c2)C(c2cccc(-c3ccccc3)c2)NC(=O)N1. The van der Waals surface area contributed by atoms with Gasteiger partial charge in [-0.2, -0.15) is 0 Å². The average Bonchev–Trinajstić information content (AvgIpc) is 2.74. The van der Waals surface area contributed by atoms with Gasteiger partial charge >= 0.3 is 6.03 Å². The van der Waals surface area contributed by atoms with Gasteiger partial charge in [0.2, 0.25) is 0 Å². The van der Waals surface area contributed by atoms with Gasteiger partial charge in [-0.1, -0.05) is 54.6 Å². The number of urea groups is 1. The zero-order valence-electron chi connectivity index (χ0n) is 16.1. The molecule has 5 heteroatoms. The predicted octanol–water partition coefficient (Wildman–Crippen LogP) is 4.72. The van der Waals surface area contributed by atoms with Crippen molar-refractivity contribution in [1.82, 2.24) is 10.6 Å². The van der Waals surface area contributed by atoms with Crippen LogP contribution in [0.3, 0.4) is 0 Å². The molecule has 0 radical (unpaired) electrons. The van der Waals surface area contributed by atoms with Crippen LogP contribution in [0.2, 0.25) is 0 Å². The van der Waals surface area contributed by atoms with Crippen LogP contribution in [0.25, 0.3) is 16.7 Å². The third-order valence-corrected chi connectivity index (χ3v) is 5.15. The van der Waals surface area contributed by atoms with E-state index in [9.17, 15) is 4.79 Å². The highest BCUT2D eigenvalue weighted by Gasteiger charge is 2.28. The van der Waals surface area contributed by atoms with E-state index in [0.29, 0.717) is 11.3 Å². The Morgan fingerprint density at radius 2 is 1.69 bits per heavy atom. The summed E-state index contributed by atoms with van der Waals surface area (Å²) in [7, 11) is 0. The van der Waals surface area contributed by atoms with Gasteiger partial charge in [-0.15, -0.1) is 0 Å². The van der Waals surface area contributed by atoms with Gasteiger partial charge in [0.05, 0.1) is 6.04 Å². The lowest BCUT2D eigenvalue weighted by Crippen LogP contribution is -2.42. The molecule has 144 valence electrons. The number of amides is 2. The highest BCUT2D eigenvalue weighted by Crippen LogP contribution is 2.36. The van der Waals surface area contributed by atoms with Crippen LogP contribution in [0.4, 0.5) is 10.5 Å². The third kappa shape index (κ3) is 3.62. The van der Waals surface area contributed by atoms with Crippen molar-refractivity contribution in [1.29, 1.82) is 5.41 Å². The van der Waals surface area contributed by atoms with Crippen LogP contribution in [0, 0.1) is 5.41 Å². The summed E-state index contributed by atoms with van der Waals surface area (Å²) >= 11 is 0. The Bertz CT molecular complexity index is 1120. The van der Waals surface area contributed by atoms with Crippen molar-refractivity contribution in [3.05, 3.63) is 95.2 Å². The molecule has 3 aromatic carbocycles. The summed E-state index contributed by atoms with van der Waals surface area (Å²) in [6.45, 7) is 1.89. The van der Waals surface area contributed by atoms with Crippen molar-refractivity contribution < 1.29 is 4.79 Å². The van der Waals surface area contributed by atoms with E-state index in [-0.39, 0.29) is 12.1 Å². The molecule has 1 aliphatic rings. The minimum atomic E-state index is -0.311. The first-order valence-electron chi connectivity index (χ1n) is 9.41. The van der Waals surface area contributed by atoms with Crippen molar-refractivity contribution in [3.8, 4) is 11.1 Å². The lowest BCUT2D eigenvalue weighted by atomic mass is 9.88. The van der Waals surface area contributed by atoms with Crippen molar-refractivity contribution in [2.24, 2.45) is 0 Å². The number of hydrogen-bond donors (Lipinski definition) is 4. The molecule has 3 aromatic rings. The summed E-state index contributed by atoms with van der Waals surface area (Å²) < 4.78 is 0. The molecular weight excluding hydrogens is 360 g/mol. The Morgan fingerprint density at radius 1 is 0.931 bits per heavy atom. The first kappa shape index (κ1) is 18.5. The fourth-order valence-corrected chi connectivity index (χ4v) is 3.72. The molecule has 5 N–H and O–H groups in total. The number of anilines is 1. The minimum Gasteiger partial charge on any atom is -0.398 e. The Hall–Kier alpha value is -3.86. The molecule has 1 aliphatic heterocycles. The normalized spacial score (nSPS) is 16.2. The number of hydrogen-bond acceptors (Lipinski definition) is 3. The third-order valence-electron chi connectivity index (χ3n) is 5.15. The predicted molar refractivity (Wildman–Crippen MR) is 118 cm³/mol. The molecule has 2 amide bonds. The van der Waals surface area contributed by atoms with Gasteiger partial charge in [-0.05, 0) is 47.4 Å². The maximum atomic E-state index is 12.3. The molecule has 0 saturated heterocycles. The zero-order chi connectivity index (χ0) is 20.4. The fraction of sp³-hybridized carbons (Fsp3) is 0.0833. The van der Waals surface area contributed by atoms with E-state index in [1.807, 2.05) is 49.4 Å². The summed E-state index contributed by atoms with van der Waals surface area (Å²) in [5.41, 5.74) is 13.0. The average molecular weight is 382 g/mol. The number of carbonyl (C=O) groups is 1. The van der Waals surface area contributed by atoms with E-state index >= 15 is 0 Å². The summed E-state index contributed by atoms with van der Waals surface area (Å²) in [4.78, 5) is 12.3. The second-order valence-corrected chi connectivity index (χ2v) is 7.05. The molecule has 0 bridgehead atoms. The van der Waals surface area contributed by atoms with Crippen molar-refractivity contribution in [2.75, 3.05) is 5.73 Å². The number of rotatable bonds is 4. The number of benzene rings is 3. The Labute approximate surface area is 169 Å². The quantitative estimate of drug-likeness (QED) is 0.388. The summed E-state index contributed by atoms with van der Waals surface area (Å²) in [5.74, 6) is 0. The van der Waals surface area contributed by atoms with Crippen LogP contribution >= 0.6 is 0 Å². The van der Waals surface area contributed by atoms with Gasteiger partial charge < -0.3 is 21.8 Å². The second kappa shape index (κ2) is 7.64. The zero-order valence-corrected chi connectivity index (χ0v) is 16.1. The molecule has 0 aliphatic carbocycles. The molecule has 0 spiro atoms. The largest absolute Gasteiger partial charge is 0.398 e. The Morgan fingerprint density at radius 3 is 2.45 bits per heavy atom. The van der Waals surface area contributed by atoms with Crippen LogP contribution in [0.1, 0.15) is 29.7 Å². The second-order valence-electron chi connectivity index (χ2n) is 7.05. The Kier molecular flexibility index (Phi) is 4.87. The topological polar surface area (TPSA) is 91.0 Å². The van der Waals surface area contributed by atoms with Crippen LogP contribution < -0.4 is 16.4 Å². The number of allylic oxidation sites excluding steroid dienone is 1. The molecule has 0 fully saturated rings. The van der Waals surface area contributed by atoms with Crippen LogP contribution in [-0.4, -0.2) is 12.2 Å². The number of nitrogen functional groups attached to an aromatic ring is 1. The van der Waals surface area contributed by atoms with E-state index in [0.717, 1.165) is 33.5 Å². The summed E-state index contributed by atoms with van der Waals surface area (Å²) in [6.07, 6.45) is 1.24. The van der Waals surface area contributed by atoms with Crippen LogP contribution in [0.5, 0.6) is 0 Å². The van der Waals surface area contributed by atoms with Gasteiger partial charge in [0, 0.05) is 28.7 Å². The van der Waals surface area contributed by atoms with E-state index in [1.165, 1.54) is 6.21 Å². The van der Waals surface area contributed by atoms with Gasteiger partial charge in [-0.25, -0.2) is 4.79 Å². The molecule has 4 rings (SSSR count). The minimum absolute atomic E-state index is 0.232. The Balaban J connectivity index is 1.82. The maximum absolute atomic E-state index is 12.3. The fourth-order valence-electron chi connectivity index (χ4n) is 3.72. The number of nitrogens with one attached hydrogen (secondary N) is 3. The standard InChI is InChI=1S/C24H22N4O/c1-15-22(18-10-11-21(26)20(13-18)14-25)23(28-24(29)27-15)19-9-5-8-17(12-19)16-6-3-2-4-7-16/h2-14,23,25H,26H2,1H3,(H2,27,28,29). The van der Waals surface area contributed by atoms with E-state index < -0.39 is 0 Å². The highest BCUT2D eigenvalue weighted by molar-refractivity contribution is 5.91. The lowest BCUT2D eigenvalue weighted by Gasteiger charge is -2.30. The smallest absolute Gasteiger partial charge is 0.319 e.